The Labute approximate surface area is 169 Å². The van der Waals surface area contributed by atoms with Crippen molar-refractivity contribution in [3.05, 3.63) is 11.9 Å². The van der Waals surface area contributed by atoms with Crippen LogP contribution in [0.3, 0.4) is 0 Å². The van der Waals surface area contributed by atoms with Crippen molar-refractivity contribution in [3.63, 3.8) is 0 Å². The third-order valence-corrected chi connectivity index (χ3v) is 5.88. The molecule has 0 aliphatic carbocycles. The molecule has 156 valence electrons. The van der Waals surface area contributed by atoms with Crippen molar-refractivity contribution in [3.8, 4) is 0 Å². The van der Waals surface area contributed by atoms with Gasteiger partial charge in [-0.1, -0.05) is 147 Å². The fraction of sp³-hybridized carbons (Fsp3) is 0.920. The maximum absolute atomic E-state index is 2.66. The Bertz CT molecular complexity index is 259. The van der Waals surface area contributed by atoms with Gasteiger partial charge in [-0.15, -0.1) is 9.24 Å². The van der Waals surface area contributed by atoms with Crippen molar-refractivity contribution in [1.82, 2.24) is 0 Å². The summed E-state index contributed by atoms with van der Waals surface area (Å²) in [6.45, 7) is 2.30. The van der Waals surface area contributed by atoms with Crippen molar-refractivity contribution < 1.29 is 0 Å². The lowest BCUT2D eigenvalue weighted by Gasteiger charge is -2.04. The van der Waals surface area contributed by atoms with E-state index in [4.69, 9.17) is 0 Å². The van der Waals surface area contributed by atoms with Gasteiger partial charge in [0.05, 0.1) is 0 Å². The lowest BCUT2D eigenvalue weighted by atomic mass is 10.0. The molecular weight excluding hydrogens is 331 g/mol. The summed E-state index contributed by atoms with van der Waals surface area (Å²) in [5.41, 5.74) is 0. The summed E-state index contributed by atoms with van der Waals surface area (Å²) < 4.78 is 0. The van der Waals surface area contributed by atoms with Crippen LogP contribution in [0, 0.1) is 0 Å². The fourth-order valence-corrected chi connectivity index (χ4v) is 3.98. The summed E-state index contributed by atoms with van der Waals surface area (Å²) >= 11 is 0. The summed E-state index contributed by atoms with van der Waals surface area (Å²) in [6.07, 6.45) is 34.3. The monoisotopic (exact) mass is 382 g/mol. The molecule has 1 heteroatoms. The molecule has 26 heavy (non-hydrogen) atoms. The third-order valence-electron chi connectivity index (χ3n) is 5.61. The summed E-state index contributed by atoms with van der Waals surface area (Å²) in [5.74, 6) is 2.09. The standard InChI is InChI=1S/C25H51P/c1-2-3-4-5-6-7-8-9-10-11-12-13-14-15-16-17-18-19-20-21-22-23-24-25-26/h24-25H,2-23,26H2,1H3/b25-24+. The Morgan fingerprint density at radius 2 is 0.692 bits per heavy atom. The normalized spacial score (nSPS) is 11.6. The van der Waals surface area contributed by atoms with Crippen molar-refractivity contribution in [1.29, 1.82) is 0 Å². The second-order valence-electron chi connectivity index (χ2n) is 8.29. The van der Waals surface area contributed by atoms with Gasteiger partial charge in [0, 0.05) is 0 Å². The van der Waals surface area contributed by atoms with Gasteiger partial charge < -0.3 is 0 Å². The summed E-state index contributed by atoms with van der Waals surface area (Å²) in [5, 5.41) is 0. The topological polar surface area (TPSA) is 0 Å². The molecule has 0 aromatic carbocycles. The first kappa shape index (κ1) is 26.2. The molecule has 0 saturated carbocycles. The van der Waals surface area contributed by atoms with Gasteiger partial charge in [-0.25, -0.2) is 0 Å². The van der Waals surface area contributed by atoms with E-state index >= 15 is 0 Å². The maximum atomic E-state index is 2.66. The molecule has 1 atom stereocenters. The predicted molar refractivity (Wildman–Crippen MR) is 126 cm³/mol. The smallest absolute Gasteiger partial charge is 0.0347 e. The minimum Gasteiger partial charge on any atom is -0.114 e. The Balaban J connectivity index is 2.97. The molecule has 0 spiro atoms. The van der Waals surface area contributed by atoms with Crippen molar-refractivity contribution in [2.24, 2.45) is 0 Å². The van der Waals surface area contributed by atoms with Crippen LogP contribution in [0.5, 0.6) is 0 Å². The zero-order valence-corrected chi connectivity index (χ0v) is 19.4. The van der Waals surface area contributed by atoms with Crippen molar-refractivity contribution in [2.45, 2.75) is 148 Å². The van der Waals surface area contributed by atoms with Gasteiger partial charge >= 0.3 is 0 Å². The second kappa shape index (κ2) is 25.2. The number of hydrogen-bond donors (Lipinski definition) is 0. The second-order valence-corrected chi connectivity index (χ2v) is 8.67. The highest BCUT2D eigenvalue weighted by molar-refractivity contribution is 7.20. The largest absolute Gasteiger partial charge is 0.114 e. The highest BCUT2D eigenvalue weighted by Gasteiger charge is 1.95. The van der Waals surface area contributed by atoms with Crippen LogP contribution >= 0.6 is 9.24 Å². The minimum atomic E-state index is 1.27. The van der Waals surface area contributed by atoms with E-state index in [1.165, 1.54) is 141 Å². The quantitative estimate of drug-likeness (QED) is 0.129. The van der Waals surface area contributed by atoms with E-state index in [1.807, 2.05) is 0 Å². The molecule has 0 aliphatic heterocycles. The number of unbranched alkanes of at least 4 members (excludes halogenated alkanes) is 21. The Morgan fingerprint density at radius 3 is 0.962 bits per heavy atom. The zero-order valence-electron chi connectivity index (χ0n) is 18.3. The SMILES string of the molecule is CCCCCCCCCCCCCCCCCCCCCCC/C=C/P. The van der Waals surface area contributed by atoms with E-state index in [-0.39, 0.29) is 0 Å². The van der Waals surface area contributed by atoms with Gasteiger partial charge in [0.25, 0.3) is 0 Å². The van der Waals surface area contributed by atoms with E-state index in [9.17, 15) is 0 Å². The summed E-state index contributed by atoms with van der Waals surface area (Å²) in [6, 6.07) is 0. The first-order valence-corrected chi connectivity index (χ1v) is 12.9. The molecule has 0 N–H and O–H groups in total. The molecule has 0 amide bonds. The van der Waals surface area contributed by atoms with E-state index in [0.717, 1.165) is 0 Å². The van der Waals surface area contributed by atoms with E-state index < -0.39 is 0 Å². The van der Waals surface area contributed by atoms with Crippen molar-refractivity contribution >= 4 is 9.24 Å². The molecule has 0 nitrogen and oxygen atoms in total. The van der Waals surface area contributed by atoms with Crippen molar-refractivity contribution in [2.75, 3.05) is 0 Å². The lowest BCUT2D eigenvalue weighted by Crippen LogP contribution is -1.84. The molecule has 0 heterocycles. The van der Waals surface area contributed by atoms with Crippen LogP contribution in [-0.4, -0.2) is 0 Å². The first-order valence-electron chi connectivity index (χ1n) is 12.3. The van der Waals surface area contributed by atoms with E-state index in [1.54, 1.807) is 0 Å². The lowest BCUT2D eigenvalue weighted by molar-refractivity contribution is 0.520. The molecule has 0 rings (SSSR count). The van der Waals surface area contributed by atoms with Crippen LogP contribution in [0.4, 0.5) is 0 Å². The fourth-order valence-electron chi connectivity index (χ4n) is 3.79. The highest BCUT2D eigenvalue weighted by atomic mass is 31.0. The van der Waals surface area contributed by atoms with Crippen LogP contribution in [-0.2, 0) is 0 Å². The van der Waals surface area contributed by atoms with Gasteiger partial charge in [-0.2, -0.15) is 0 Å². The van der Waals surface area contributed by atoms with Gasteiger partial charge in [-0.05, 0) is 12.8 Å². The van der Waals surface area contributed by atoms with E-state index in [0.29, 0.717) is 0 Å². The molecule has 0 fully saturated rings. The third kappa shape index (κ3) is 24.2. The van der Waals surface area contributed by atoms with Crippen LogP contribution in [0.25, 0.3) is 0 Å². The summed E-state index contributed by atoms with van der Waals surface area (Å²) in [7, 11) is 2.66. The predicted octanol–water partition coefficient (Wildman–Crippen LogP) is 9.98. The molecule has 0 bridgehead atoms. The number of hydrogen-bond acceptors (Lipinski definition) is 0. The average Bonchev–Trinajstić information content (AvgIpc) is 2.66. The Morgan fingerprint density at radius 1 is 0.423 bits per heavy atom. The number of allylic oxidation sites excluding steroid dienone is 1. The van der Waals surface area contributed by atoms with Crippen LogP contribution in [0.15, 0.2) is 11.9 Å². The van der Waals surface area contributed by atoms with Crippen LogP contribution < -0.4 is 0 Å². The van der Waals surface area contributed by atoms with Gasteiger partial charge in [0.1, 0.15) is 0 Å². The van der Waals surface area contributed by atoms with Gasteiger partial charge in [0.15, 0.2) is 0 Å². The maximum Gasteiger partial charge on any atom is -0.0347 e. The average molecular weight is 383 g/mol. The van der Waals surface area contributed by atoms with E-state index in [2.05, 4.69) is 28.1 Å². The molecule has 1 unspecified atom stereocenters. The Kier molecular flexibility index (Phi) is 25.3. The van der Waals surface area contributed by atoms with Gasteiger partial charge in [-0.3, -0.25) is 0 Å². The zero-order chi connectivity index (χ0) is 19.0. The van der Waals surface area contributed by atoms with Crippen LogP contribution in [0.1, 0.15) is 148 Å². The highest BCUT2D eigenvalue weighted by Crippen LogP contribution is 2.15. The molecule has 0 aromatic rings. The summed E-state index contributed by atoms with van der Waals surface area (Å²) in [4.78, 5) is 0. The molecule has 0 radical (unpaired) electrons. The Hall–Kier alpha value is 0.170. The molecular formula is C25H51P. The first-order chi connectivity index (χ1) is 12.9. The van der Waals surface area contributed by atoms with Gasteiger partial charge in [0.2, 0.25) is 0 Å². The molecule has 0 aromatic heterocycles. The molecule has 0 aliphatic rings. The number of rotatable bonds is 22. The van der Waals surface area contributed by atoms with Crippen LogP contribution in [0.2, 0.25) is 0 Å². The molecule has 0 saturated heterocycles. The minimum absolute atomic E-state index is 1.27.